The van der Waals surface area contributed by atoms with Crippen LogP contribution in [0.3, 0.4) is 0 Å². The van der Waals surface area contributed by atoms with Crippen LogP contribution in [-0.2, 0) is 4.79 Å². The van der Waals surface area contributed by atoms with Crippen molar-refractivity contribution in [2.45, 2.75) is 12.3 Å². The lowest BCUT2D eigenvalue weighted by atomic mass is 9.86. The number of ether oxygens (including phenoxy) is 3. The second kappa shape index (κ2) is 4.67. The molecule has 2 aliphatic rings. The Morgan fingerprint density at radius 3 is 2.48 bits per heavy atom. The highest BCUT2D eigenvalue weighted by Crippen LogP contribution is 2.45. The number of esters is 1. The Kier molecular flexibility index (Phi) is 2.79. The maximum Gasteiger partial charge on any atom is 0.312 e. The van der Waals surface area contributed by atoms with E-state index in [0.29, 0.717) is 28.7 Å². The second-order valence-electron chi connectivity index (χ2n) is 5.03. The zero-order chi connectivity index (χ0) is 14.4. The summed E-state index contributed by atoms with van der Waals surface area (Å²) < 4.78 is 16.1. The summed E-state index contributed by atoms with van der Waals surface area (Å²) in [7, 11) is 0. The highest BCUT2D eigenvalue weighted by molar-refractivity contribution is 6.30. The molecule has 1 unspecified atom stereocenters. The third kappa shape index (κ3) is 2.12. The summed E-state index contributed by atoms with van der Waals surface area (Å²) >= 11 is 5.93. The van der Waals surface area contributed by atoms with Gasteiger partial charge in [0.05, 0.1) is 6.42 Å². The smallest absolute Gasteiger partial charge is 0.312 e. The Labute approximate surface area is 126 Å². The van der Waals surface area contributed by atoms with Gasteiger partial charge in [-0.05, 0) is 23.8 Å². The minimum Gasteiger partial charge on any atom is -0.454 e. The molecule has 0 amide bonds. The van der Waals surface area contributed by atoms with Crippen molar-refractivity contribution in [1.29, 1.82) is 0 Å². The predicted molar refractivity (Wildman–Crippen MR) is 76.1 cm³/mol. The van der Waals surface area contributed by atoms with Gasteiger partial charge in [-0.2, -0.15) is 0 Å². The molecule has 4 nitrogen and oxygen atoms in total. The molecule has 1 atom stereocenters. The zero-order valence-electron chi connectivity index (χ0n) is 11.0. The van der Waals surface area contributed by atoms with Crippen LogP contribution in [0.5, 0.6) is 17.2 Å². The van der Waals surface area contributed by atoms with Gasteiger partial charge < -0.3 is 14.2 Å². The van der Waals surface area contributed by atoms with E-state index in [1.807, 2.05) is 30.3 Å². The normalized spacial score (nSPS) is 19.1. The largest absolute Gasteiger partial charge is 0.454 e. The van der Waals surface area contributed by atoms with E-state index in [1.54, 1.807) is 6.07 Å². The van der Waals surface area contributed by atoms with Crippen LogP contribution in [0.2, 0.25) is 5.02 Å². The first-order valence-electron chi connectivity index (χ1n) is 6.60. The Morgan fingerprint density at radius 2 is 1.71 bits per heavy atom. The predicted octanol–water partition coefficient (Wildman–Crippen LogP) is 3.51. The summed E-state index contributed by atoms with van der Waals surface area (Å²) in [6.45, 7) is 0.192. The summed E-state index contributed by atoms with van der Waals surface area (Å²) in [4.78, 5) is 11.9. The van der Waals surface area contributed by atoms with Crippen LogP contribution in [-0.4, -0.2) is 12.8 Å². The fraction of sp³-hybridized carbons (Fsp3) is 0.188. The van der Waals surface area contributed by atoms with E-state index in [2.05, 4.69) is 0 Å². The lowest BCUT2D eigenvalue weighted by Crippen LogP contribution is -2.20. The molecule has 106 valence electrons. The fourth-order valence-corrected chi connectivity index (χ4v) is 2.86. The number of halogens is 1. The van der Waals surface area contributed by atoms with E-state index >= 15 is 0 Å². The first kappa shape index (κ1) is 12.5. The third-order valence-corrected chi connectivity index (χ3v) is 4.00. The highest BCUT2D eigenvalue weighted by atomic mass is 35.5. The van der Waals surface area contributed by atoms with E-state index < -0.39 is 0 Å². The van der Waals surface area contributed by atoms with Crippen LogP contribution >= 0.6 is 11.6 Å². The number of fused-ring (bicyclic) bond motifs is 2. The average molecular weight is 303 g/mol. The molecule has 0 aliphatic carbocycles. The van der Waals surface area contributed by atoms with E-state index in [9.17, 15) is 4.79 Å². The van der Waals surface area contributed by atoms with Crippen LogP contribution in [0.15, 0.2) is 36.4 Å². The summed E-state index contributed by atoms with van der Waals surface area (Å²) in [5, 5.41) is 0.669. The zero-order valence-corrected chi connectivity index (χ0v) is 11.7. The maximum atomic E-state index is 11.9. The monoisotopic (exact) mass is 302 g/mol. The van der Waals surface area contributed by atoms with Gasteiger partial charge in [0.2, 0.25) is 6.79 Å². The molecule has 2 aromatic rings. The Morgan fingerprint density at radius 1 is 1.00 bits per heavy atom. The average Bonchev–Trinajstić information content (AvgIpc) is 2.92. The molecular formula is C16H11ClO4. The van der Waals surface area contributed by atoms with Crippen molar-refractivity contribution in [3.8, 4) is 17.2 Å². The second-order valence-corrected chi connectivity index (χ2v) is 5.46. The van der Waals surface area contributed by atoms with E-state index in [4.69, 9.17) is 25.8 Å². The number of carbonyl (C=O) groups is 1. The molecule has 0 saturated carbocycles. The van der Waals surface area contributed by atoms with Gasteiger partial charge in [0.1, 0.15) is 5.75 Å². The molecule has 0 aromatic heterocycles. The summed E-state index contributed by atoms with van der Waals surface area (Å²) in [5.41, 5.74) is 1.96. The Hall–Kier alpha value is -2.20. The van der Waals surface area contributed by atoms with Gasteiger partial charge in [0.15, 0.2) is 11.5 Å². The van der Waals surface area contributed by atoms with Crippen LogP contribution in [0.25, 0.3) is 0 Å². The highest BCUT2D eigenvalue weighted by Gasteiger charge is 2.31. The summed E-state index contributed by atoms with van der Waals surface area (Å²) in [6, 6.07) is 11.1. The minimum atomic E-state index is -0.249. The molecule has 2 aliphatic heterocycles. The number of benzene rings is 2. The van der Waals surface area contributed by atoms with Crippen LogP contribution in [0, 0.1) is 0 Å². The third-order valence-electron chi connectivity index (χ3n) is 3.75. The molecular weight excluding hydrogens is 292 g/mol. The van der Waals surface area contributed by atoms with Crippen molar-refractivity contribution < 1.29 is 19.0 Å². The van der Waals surface area contributed by atoms with Crippen molar-refractivity contribution >= 4 is 17.6 Å². The topological polar surface area (TPSA) is 44.8 Å². The van der Waals surface area contributed by atoms with Crippen molar-refractivity contribution in [2.75, 3.05) is 6.79 Å². The first-order valence-corrected chi connectivity index (χ1v) is 6.98. The SMILES string of the molecule is O=C1CC(c2ccc(Cl)cc2)c2cc3c(cc2O1)OCO3. The summed E-state index contributed by atoms with van der Waals surface area (Å²) in [5.74, 6) is 1.52. The molecule has 21 heavy (non-hydrogen) atoms. The lowest BCUT2D eigenvalue weighted by molar-refractivity contribution is -0.135. The van der Waals surface area contributed by atoms with Gasteiger partial charge >= 0.3 is 5.97 Å². The minimum absolute atomic E-state index is 0.0620. The standard InChI is InChI=1S/C16H11ClO4/c17-10-3-1-9(2-4-10)11-6-16(18)21-13-7-15-14(5-12(11)13)19-8-20-15/h1-5,7,11H,6,8H2. The van der Waals surface area contributed by atoms with Gasteiger partial charge in [-0.15, -0.1) is 0 Å². The Bertz CT molecular complexity index is 724. The van der Waals surface area contributed by atoms with Crippen molar-refractivity contribution in [2.24, 2.45) is 0 Å². The van der Waals surface area contributed by atoms with Crippen LogP contribution in [0.1, 0.15) is 23.5 Å². The molecule has 5 heteroatoms. The number of carbonyl (C=O) groups excluding carboxylic acids is 1. The van der Waals surface area contributed by atoms with Gasteiger partial charge in [0.25, 0.3) is 0 Å². The molecule has 0 fully saturated rings. The van der Waals surface area contributed by atoms with Gasteiger partial charge in [-0.25, -0.2) is 0 Å². The van der Waals surface area contributed by atoms with Gasteiger partial charge in [0, 0.05) is 22.6 Å². The molecule has 2 heterocycles. The van der Waals surface area contributed by atoms with Gasteiger partial charge in [-0.3, -0.25) is 4.79 Å². The molecule has 2 aromatic carbocycles. The first-order chi connectivity index (χ1) is 10.2. The van der Waals surface area contributed by atoms with Crippen molar-refractivity contribution in [3.05, 3.63) is 52.5 Å². The summed E-state index contributed by atoms with van der Waals surface area (Å²) in [6.07, 6.45) is 0.300. The molecule has 0 bridgehead atoms. The number of hydrogen-bond donors (Lipinski definition) is 0. The van der Waals surface area contributed by atoms with Crippen LogP contribution in [0.4, 0.5) is 0 Å². The Balaban J connectivity index is 1.83. The molecule has 0 N–H and O–H groups in total. The molecule has 4 rings (SSSR count). The molecule has 0 spiro atoms. The van der Waals surface area contributed by atoms with Crippen molar-refractivity contribution in [1.82, 2.24) is 0 Å². The number of rotatable bonds is 1. The lowest BCUT2D eigenvalue weighted by Gasteiger charge is -2.25. The maximum absolute atomic E-state index is 11.9. The van der Waals surface area contributed by atoms with Gasteiger partial charge in [-0.1, -0.05) is 23.7 Å². The molecule has 0 radical (unpaired) electrons. The van der Waals surface area contributed by atoms with Crippen molar-refractivity contribution in [3.63, 3.8) is 0 Å². The quantitative estimate of drug-likeness (QED) is 0.597. The molecule has 0 saturated heterocycles. The van der Waals surface area contributed by atoms with E-state index in [-0.39, 0.29) is 18.7 Å². The van der Waals surface area contributed by atoms with E-state index in [0.717, 1.165) is 11.1 Å². The van der Waals surface area contributed by atoms with Crippen LogP contribution < -0.4 is 14.2 Å². The fourth-order valence-electron chi connectivity index (χ4n) is 2.73. The van der Waals surface area contributed by atoms with E-state index in [1.165, 1.54) is 0 Å². The number of hydrogen-bond acceptors (Lipinski definition) is 4.